The van der Waals surface area contributed by atoms with Crippen molar-refractivity contribution in [3.05, 3.63) is 23.8 Å². The van der Waals surface area contributed by atoms with Crippen LogP contribution >= 0.6 is 0 Å². The van der Waals surface area contributed by atoms with Crippen molar-refractivity contribution in [2.75, 3.05) is 33.9 Å². The lowest BCUT2D eigenvalue weighted by atomic mass is 10.2. The minimum absolute atomic E-state index is 0.262. The van der Waals surface area contributed by atoms with Crippen LogP contribution in [0.3, 0.4) is 0 Å². The van der Waals surface area contributed by atoms with Gasteiger partial charge in [0.25, 0.3) is 5.91 Å². The van der Waals surface area contributed by atoms with Crippen molar-refractivity contribution in [1.82, 2.24) is 10.6 Å². The van der Waals surface area contributed by atoms with Crippen molar-refractivity contribution in [3.63, 3.8) is 0 Å². The Labute approximate surface area is 123 Å². The van der Waals surface area contributed by atoms with Crippen LogP contribution in [0.25, 0.3) is 0 Å². The summed E-state index contributed by atoms with van der Waals surface area (Å²) in [5.41, 5.74) is 0.448. The first-order chi connectivity index (χ1) is 10.1. The summed E-state index contributed by atoms with van der Waals surface area (Å²) in [6.45, 7) is 2.62. The van der Waals surface area contributed by atoms with Crippen LogP contribution < -0.4 is 20.1 Å². The van der Waals surface area contributed by atoms with Gasteiger partial charge in [-0.25, -0.2) is 4.79 Å². The molecule has 0 aliphatic carbocycles. The molecule has 0 radical (unpaired) electrons. The summed E-state index contributed by atoms with van der Waals surface area (Å²) in [5.74, 6) is 0.773. The Balaban J connectivity index is 2.47. The van der Waals surface area contributed by atoms with Crippen molar-refractivity contribution in [3.8, 4) is 11.5 Å². The van der Waals surface area contributed by atoms with Crippen molar-refractivity contribution >= 4 is 12.0 Å². The second kappa shape index (κ2) is 8.68. The zero-order valence-corrected chi connectivity index (χ0v) is 12.4. The second-order valence-corrected chi connectivity index (χ2v) is 3.97. The number of alkyl carbamates (subject to hydrolysis) is 1. The van der Waals surface area contributed by atoms with E-state index in [1.165, 1.54) is 14.2 Å². The van der Waals surface area contributed by atoms with Gasteiger partial charge in [-0.05, 0) is 25.1 Å². The van der Waals surface area contributed by atoms with Gasteiger partial charge in [-0.15, -0.1) is 0 Å². The number of rotatable bonds is 7. The summed E-state index contributed by atoms with van der Waals surface area (Å²) in [5, 5.41) is 5.19. The van der Waals surface area contributed by atoms with Gasteiger partial charge in [0, 0.05) is 18.7 Å². The van der Waals surface area contributed by atoms with Gasteiger partial charge in [-0.1, -0.05) is 0 Å². The van der Waals surface area contributed by atoms with Crippen molar-refractivity contribution < 1.29 is 23.8 Å². The molecule has 116 valence electrons. The molecule has 0 heterocycles. The fourth-order valence-corrected chi connectivity index (χ4v) is 1.60. The molecule has 0 spiro atoms. The molecule has 0 aromatic heterocycles. The van der Waals surface area contributed by atoms with Gasteiger partial charge in [0.1, 0.15) is 0 Å². The van der Waals surface area contributed by atoms with E-state index < -0.39 is 6.09 Å². The average molecular weight is 296 g/mol. The number of amides is 2. The van der Waals surface area contributed by atoms with E-state index in [4.69, 9.17) is 14.2 Å². The first-order valence-electron chi connectivity index (χ1n) is 6.53. The summed E-state index contributed by atoms with van der Waals surface area (Å²) in [6, 6.07) is 4.88. The smallest absolute Gasteiger partial charge is 0.407 e. The molecule has 2 N–H and O–H groups in total. The van der Waals surface area contributed by atoms with Gasteiger partial charge in [0.2, 0.25) is 0 Å². The number of nitrogens with one attached hydrogen (secondary N) is 2. The van der Waals surface area contributed by atoms with Gasteiger partial charge in [0.15, 0.2) is 11.5 Å². The number of hydrogen-bond acceptors (Lipinski definition) is 5. The van der Waals surface area contributed by atoms with Gasteiger partial charge in [0.05, 0.1) is 20.8 Å². The molecule has 0 atom stereocenters. The predicted octanol–water partition coefficient (Wildman–Crippen LogP) is 1.18. The Bertz CT molecular complexity index is 490. The first-order valence-corrected chi connectivity index (χ1v) is 6.53. The van der Waals surface area contributed by atoms with Crippen LogP contribution in [0.2, 0.25) is 0 Å². The molecule has 0 unspecified atom stereocenters. The number of methoxy groups -OCH3 is 2. The van der Waals surface area contributed by atoms with Crippen LogP contribution in [0.4, 0.5) is 4.79 Å². The molecule has 1 rings (SSSR count). The number of ether oxygens (including phenoxy) is 3. The van der Waals surface area contributed by atoms with E-state index in [0.717, 1.165) is 0 Å². The number of carbonyl (C=O) groups is 2. The maximum atomic E-state index is 11.9. The molecule has 0 saturated carbocycles. The fraction of sp³-hybridized carbons (Fsp3) is 0.429. The van der Waals surface area contributed by atoms with Crippen LogP contribution in [0, 0.1) is 0 Å². The summed E-state index contributed by atoms with van der Waals surface area (Å²) < 4.78 is 14.9. The quantitative estimate of drug-likeness (QED) is 0.738. The molecule has 0 saturated heterocycles. The third kappa shape index (κ3) is 5.21. The van der Waals surface area contributed by atoms with E-state index in [1.807, 2.05) is 0 Å². The molecule has 21 heavy (non-hydrogen) atoms. The number of hydrogen-bond donors (Lipinski definition) is 2. The van der Waals surface area contributed by atoms with E-state index in [1.54, 1.807) is 25.1 Å². The summed E-state index contributed by atoms with van der Waals surface area (Å²) in [6.07, 6.45) is -0.502. The zero-order valence-electron chi connectivity index (χ0n) is 12.4. The number of benzene rings is 1. The van der Waals surface area contributed by atoms with Crippen LogP contribution in [0.5, 0.6) is 11.5 Å². The molecule has 0 bridgehead atoms. The Morgan fingerprint density at radius 2 is 1.71 bits per heavy atom. The Morgan fingerprint density at radius 3 is 2.33 bits per heavy atom. The topological polar surface area (TPSA) is 85.9 Å². The fourth-order valence-electron chi connectivity index (χ4n) is 1.60. The van der Waals surface area contributed by atoms with Gasteiger partial charge in [-0.2, -0.15) is 0 Å². The molecule has 1 aromatic carbocycles. The molecular weight excluding hydrogens is 276 g/mol. The van der Waals surface area contributed by atoms with Crippen LogP contribution in [-0.4, -0.2) is 45.9 Å². The van der Waals surface area contributed by atoms with E-state index in [2.05, 4.69) is 10.6 Å². The monoisotopic (exact) mass is 296 g/mol. The molecule has 1 aromatic rings. The molecular formula is C14H20N2O5. The summed E-state index contributed by atoms with van der Waals surface area (Å²) >= 11 is 0. The van der Waals surface area contributed by atoms with Crippen LogP contribution in [0.15, 0.2) is 18.2 Å². The minimum Gasteiger partial charge on any atom is -0.493 e. The van der Waals surface area contributed by atoms with Gasteiger partial charge in [-0.3, -0.25) is 4.79 Å². The van der Waals surface area contributed by atoms with Gasteiger partial charge < -0.3 is 24.8 Å². The molecule has 7 heteroatoms. The predicted molar refractivity (Wildman–Crippen MR) is 76.9 cm³/mol. The van der Waals surface area contributed by atoms with Crippen molar-refractivity contribution in [2.45, 2.75) is 6.92 Å². The highest BCUT2D eigenvalue weighted by atomic mass is 16.5. The first kappa shape index (κ1) is 16.6. The Morgan fingerprint density at radius 1 is 1.05 bits per heavy atom. The highest BCUT2D eigenvalue weighted by Gasteiger charge is 2.10. The normalized spacial score (nSPS) is 9.67. The minimum atomic E-state index is -0.502. The molecule has 0 aliphatic rings. The summed E-state index contributed by atoms with van der Waals surface area (Å²) in [7, 11) is 3.03. The van der Waals surface area contributed by atoms with Crippen molar-refractivity contribution in [2.24, 2.45) is 0 Å². The molecule has 7 nitrogen and oxygen atoms in total. The van der Waals surface area contributed by atoms with E-state index in [0.29, 0.717) is 30.2 Å². The van der Waals surface area contributed by atoms with E-state index >= 15 is 0 Å². The Hall–Kier alpha value is -2.44. The molecule has 0 fully saturated rings. The highest BCUT2D eigenvalue weighted by Crippen LogP contribution is 2.27. The molecule has 2 amide bonds. The lowest BCUT2D eigenvalue weighted by Crippen LogP contribution is -2.34. The Kier molecular flexibility index (Phi) is 6.86. The van der Waals surface area contributed by atoms with Gasteiger partial charge >= 0.3 is 6.09 Å². The van der Waals surface area contributed by atoms with E-state index in [9.17, 15) is 9.59 Å². The average Bonchev–Trinajstić information content (AvgIpc) is 2.50. The SMILES string of the molecule is CCOC(=O)NCCNC(=O)c1ccc(OC)c(OC)c1. The van der Waals surface area contributed by atoms with E-state index in [-0.39, 0.29) is 12.5 Å². The second-order valence-electron chi connectivity index (χ2n) is 3.97. The lowest BCUT2D eigenvalue weighted by molar-refractivity contribution is 0.0952. The summed E-state index contributed by atoms with van der Waals surface area (Å²) in [4.78, 5) is 23.0. The third-order valence-corrected chi connectivity index (χ3v) is 2.60. The zero-order chi connectivity index (χ0) is 15.7. The standard InChI is InChI=1S/C14H20N2O5/c1-4-21-14(18)16-8-7-15-13(17)10-5-6-11(19-2)12(9-10)20-3/h5-6,9H,4,7-8H2,1-3H3,(H,15,17)(H,16,18). The maximum Gasteiger partial charge on any atom is 0.407 e. The lowest BCUT2D eigenvalue weighted by Gasteiger charge is -2.10. The highest BCUT2D eigenvalue weighted by molar-refractivity contribution is 5.94. The third-order valence-electron chi connectivity index (χ3n) is 2.60. The molecule has 0 aliphatic heterocycles. The maximum absolute atomic E-state index is 11.9. The largest absolute Gasteiger partial charge is 0.493 e. The van der Waals surface area contributed by atoms with Crippen LogP contribution in [-0.2, 0) is 4.74 Å². The van der Waals surface area contributed by atoms with Crippen molar-refractivity contribution in [1.29, 1.82) is 0 Å². The van der Waals surface area contributed by atoms with Crippen LogP contribution in [0.1, 0.15) is 17.3 Å². The number of carbonyl (C=O) groups excluding carboxylic acids is 2.